The van der Waals surface area contributed by atoms with Crippen molar-refractivity contribution in [2.45, 2.75) is 19.4 Å². The van der Waals surface area contributed by atoms with E-state index in [-0.39, 0.29) is 18.1 Å². The molecule has 0 spiro atoms. The number of carbonyl (C=O) groups excluding carboxylic acids is 1. The number of carbonyl (C=O) groups is 1. The Hall–Kier alpha value is -3.28. The van der Waals surface area contributed by atoms with Gasteiger partial charge in [-0.25, -0.2) is 4.79 Å². The van der Waals surface area contributed by atoms with Gasteiger partial charge >= 0.3 is 5.76 Å². The van der Waals surface area contributed by atoms with Crippen molar-refractivity contribution in [2.75, 3.05) is 13.1 Å². The van der Waals surface area contributed by atoms with Crippen LogP contribution in [-0.4, -0.2) is 33.6 Å². The van der Waals surface area contributed by atoms with Gasteiger partial charge in [-0.3, -0.25) is 9.36 Å². The van der Waals surface area contributed by atoms with Crippen molar-refractivity contribution in [3.63, 3.8) is 0 Å². The maximum atomic E-state index is 12.5. The molecular formula is C21H20N2O4. The van der Waals surface area contributed by atoms with Gasteiger partial charge in [-0.05, 0) is 41.8 Å². The molecule has 0 radical (unpaired) electrons. The Bertz CT molecular complexity index is 1060. The summed E-state index contributed by atoms with van der Waals surface area (Å²) in [6.45, 7) is 1.50. The molecule has 3 aromatic rings. The third-order valence-electron chi connectivity index (χ3n) is 4.92. The summed E-state index contributed by atoms with van der Waals surface area (Å²) in [4.78, 5) is 26.3. The number of rotatable bonds is 4. The van der Waals surface area contributed by atoms with Crippen LogP contribution in [0.4, 0.5) is 0 Å². The molecule has 138 valence electrons. The summed E-state index contributed by atoms with van der Waals surface area (Å²) in [5.74, 6) is -0.167. The Balaban J connectivity index is 1.40. The predicted octanol–water partition coefficient (Wildman–Crippen LogP) is 3.01. The lowest BCUT2D eigenvalue weighted by Gasteiger charge is -2.26. The summed E-state index contributed by atoms with van der Waals surface area (Å²) >= 11 is 0. The fourth-order valence-corrected chi connectivity index (χ4v) is 3.42. The molecule has 6 heteroatoms. The van der Waals surface area contributed by atoms with Crippen molar-refractivity contribution < 1.29 is 14.3 Å². The molecule has 0 bridgehead atoms. The molecule has 2 heterocycles. The maximum absolute atomic E-state index is 12.5. The highest BCUT2D eigenvalue weighted by Crippen LogP contribution is 2.24. The van der Waals surface area contributed by atoms with Crippen molar-refractivity contribution in [1.29, 1.82) is 0 Å². The van der Waals surface area contributed by atoms with E-state index in [2.05, 4.69) is 0 Å². The number of phenols is 1. The van der Waals surface area contributed by atoms with Crippen molar-refractivity contribution in [1.82, 2.24) is 9.47 Å². The van der Waals surface area contributed by atoms with Crippen LogP contribution in [0.15, 0.2) is 63.8 Å². The van der Waals surface area contributed by atoms with Crippen LogP contribution in [0.2, 0.25) is 0 Å². The SMILES string of the molecule is O=C(CCn1c(=O)oc2ccccc21)N1CC=C(c2ccc(O)cc2)CC1. The molecule has 0 saturated heterocycles. The van der Waals surface area contributed by atoms with Gasteiger partial charge in [0.1, 0.15) is 5.75 Å². The van der Waals surface area contributed by atoms with Crippen molar-refractivity contribution >= 4 is 22.6 Å². The van der Waals surface area contributed by atoms with Crippen molar-refractivity contribution in [3.05, 3.63) is 70.7 Å². The van der Waals surface area contributed by atoms with Crippen LogP contribution in [0.3, 0.4) is 0 Å². The molecule has 0 saturated carbocycles. The first kappa shape index (κ1) is 17.1. The van der Waals surface area contributed by atoms with Gasteiger partial charge in [-0.1, -0.05) is 30.3 Å². The van der Waals surface area contributed by atoms with Gasteiger partial charge < -0.3 is 14.4 Å². The number of aromatic nitrogens is 1. The van der Waals surface area contributed by atoms with E-state index >= 15 is 0 Å². The van der Waals surface area contributed by atoms with Crippen LogP contribution in [0, 0.1) is 0 Å². The summed E-state index contributed by atoms with van der Waals surface area (Å²) in [7, 11) is 0. The van der Waals surface area contributed by atoms with E-state index in [0.29, 0.717) is 30.7 Å². The van der Waals surface area contributed by atoms with Crippen LogP contribution in [0.1, 0.15) is 18.4 Å². The topological polar surface area (TPSA) is 75.7 Å². The largest absolute Gasteiger partial charge is 0.508 e. The van der Waals surface area contributed by atoms with E-state index in [9.17, 15) is 14.7 Å². The average Bonchev–Trinajstić information content (AvgIpc) is 3.02. The standard InChI is InChI=1S/C21H20N2O4/c24-17-7-5-15(6-8-17)16-9-12-22(13-10-16)20(25)11-14-23-18-3-1-2-4-19(18)27-21(23)26/h1-9,24H,10-14H2. The molecule has 1 aromatic heterocycles. The van der Waals surface area contributed by atoms with Crippen LogP contribution < -0.4 is 5.76 Å². The second-order valence-corrected chi connectivity index (χ2v) is 6.60. The summed E-state index contributed by atoms with van der Waals surface area (Å²) in [6.07, 6.45) is 3.07. The van der Waals surface area contributed by atoms with E-state index in [4.69, 9.17) is 4.42 Å². The smallest absolute Gasteiger partial charge is 0.419 e. The Morgan fingerprint density at radius 2 is 1.89 bits per heavy atom. The zero-order valence-electron chi connectivity index (χ0n) is 14.8. The second kappa shape index (κ2) is 7.15. The fourth-order valence-electron chi connectivity index (χ4n) is 3.42. The van der Waals surface area contributed by atoms with Gasteiger partial charge in [0.15, 0.2) is 5.58 Å². The Morgan fingerprint density at radius 3 is 2.63 bits per heavy atom. The quantitative estimate of drug-likeness (QED) is 0.772. The molecule has 0 unspecified atom stereocenters. The normalized spacial score (nSPS) is 14.4. The number of nitrogens with zero attached hydrogens (tertiary/aromatic N) is 2. The molecule has 0 fully saturated rings. The number of aryl methyl sites for hydroxylation is 1. The molecule has 6 nitrogen and oxygen atoms in total. The minimum absolute atomic E-state index is 0.0215. The fraction of sp³-hybridized carbons (Fsp3) is 0.238. The Morgan fingerprint density at radius 1 is 1.11 bits per heavy atom. The lowest BCUT2D eigenvalue weighted by Crippen LogP contribution is -2.35. The summed E-state index contributed by atoms with van der Waals surface area (Å²) in [5.41, 5.74) is 3.49. The molecule has 1 aliphatic rings. The molecule has 27 heavy (non-hydrogen) atoms. The van der Waals surface area contributed by atoms with Gasteiger partial charge in [0.05, 0.1) is 5.52 Å². The number of hydrogen-bond acceptors (Lipinski definition) is 4. The van der Waals surface area contributed by atoms with E-state index in [0.717, 1.165) is 12.0 Å². The number of oxazole rings is 1. The monoisotopic (exact) mass is 364 g/mol. The lowest BCUT2D eigenvalue weighted by molar-refractivity contribution is -0.131. The van der Waals surface area contributed by atoms with Gasteiger partial charge in [-0.15, -0.1) is 0 Å². The van der Waals surface area contributed by atoms with Crippen LogP contribution in [0.25, 0.3) is 16.7 Å². The van der Waals surface area contributed by atoms with E-state index in [1.54, 1.807) is 23.1 Å². The van der Waals surface area contributed by atoms with Crippen LogP contribution >= 0.6 is 0 Å². The third kappa shape index (κ3) is 3.51. The van der Waals surface area contributed by atoms with Crippen molar-refractivity contribution in [3.8, 4) is 5.75 Å². The molecule has 2 aromatic carbocycles. The first-order chi connectivity index (χ1) is 13.1. The minimum Gasteiger partial charge on any atom is -0.508 e. The summed E-state index contributed by atoms with van der Waals surface area (Å²) in [5, 5.41) is 9.39. The van der Waals surface area contributed by atoms with E-state index in [1.165, 1.54) is 10.1 Å². The van der Waals surface area contributed by atoms with Gasteiger partial charge in [0, 0.05) is 26.1 Å². The van der Waals surface area contributed by atoms with Crippen molar-refractivity contribution in [2.24, 2.45) is 0 Å². The Kier molecular flexibility index (Phi) is 4.54. The van der Waals surface area contributed by atoms with Crippen LogP contribution in [0.5, 0.6) is 5.75 Å². The highest BCUT2D eigenvalue weighted by Gasteiger charge is 2.19. The highest BCUT2D eigenvalue weighted by atomic mass is 16.4. The number of para-hydroxylation sites is 2. The first-order valence-electron chi connectivity index (χ1n) is 8.96. The highest BCUT2D eigenvalue weighted by molar-refractivity contribution is 5.79. The number of amides is 1. The molecule has 1 aliphatic heterocycles. The molecule has 1 N–H and O–H groups in total. The second-order valence-electron chi connectivity index (χ2n) is 6.60. The van der Waals surface area contributed by atoms with Crippen LogP contribution in [-0.2, 0) is 11.3 Å². The number of benzene rings is 2. The number of hydrogen-bond donors (Lipinski definition) is 1. The Labute approximate surface area is 155 Å². The minimum atomic E-state index is -0.433. The number of aromatic hydroxyl groups is 1. The van der Waals surface area contributed by atoms with Gasteiger partial charge in [-0.2, -0.15) is 0 Å². The predicted molar refractivity (Wildman–Crippen MR) is 102 cm³/mol. The molecule has 0 aliphatic carbocycles. The maximum Gasteiger partial charge on any atom is 0.419 e. The lowest BCUT2D eigenvalue weighted by atomic mass is 9.99. The zero-order valence-corrected chi connectivity index (χ0v) is 14.8. The van der Waals surface area contributed by atoms with E-state index < -0.39 is 5.76 Å². The van der Waals surface area contributed by atoms with Gasteiger partial charge in [0.25, 0.3) is 0 Å². The zero-order chi connectivity index (χ0) is 18.8. The summed E-state index contributed by atoms with van der Waals surface area (Å²) in [6, 6.07) is 14.3. The van der Waals surface area contributed by atoms with Gasteiger partial charge in [0.2, 0.25) is 5.91 Å². The van der Waals surface area contributed by atoms with E-state index in [1.807, 2.05) is 36.4 Å². The first-order valence-corrected chi connectivity index (χ1v) is 8.96. The number of phenolic OH excluding ortho intramolecular Hbond substituents is 1. The molecule has 0 atom stereocenters. The molecular weight excluding hydrogens is 344 g/mol. The number of fused-ring (bicyclic) bond motifs is 1. The summed E-state index contributed by atoms with van der Waals surface area (Å²) < 4.78 is 6.71. The molecule has 4 rings (SSSR count). The third-order valence-corrected chi connectivity index (χ3v) is 4.92. The average molecular weight is 364 g/mol. The molecule has 1 amide bonds.